The molecule has 2 heterocycles. The van der Waals surface area contributed by atoms with Crippen molar-refractivity contribution < 1.29 is 45.4 Å². The Bertz CT molecular complexity index is 1890. The summed E-state index contributed by atoms with van der Waals surface area (Å²) in [6.07, 6.45) is -5.50. The Hall–Kier alpha value is -4.17. The predicted octanol–water partition coefficient (Wildman–Crippen LogP) is 12.0. The van der Waals surface area contributed by atoms with Crippen molar-refractivity contribution in [2.45, 2.75) is 50.2 Å². The first-order valence-electron chi connectivity index (χ1n) is 17.3. The van der Waals surface area contributed by atoms with Crippen molar-refractivity contribution in [2.24, 2.45) is 4.99 Å². The summed E-state index contributed by atoms with van der Waals surface area (Å²) in [6, 6.07) is 23.8. The van der Waals surface area contributed by atoms with E-state index in [-0.39, 0.29) is 35.1 Å². The SMILES string of the molecule is ClCCl.FC(F)(F)c1ccccc1OC1CCNCC1.O=C(Nc1cccc(Cl)c1)N1CCC(Oc2ccccc2C(F)(F)F)CC1.O=C=Nc1cccc(Cl)c1. The highest BCUT2D eigenvalue weighted by molar-refractivity contribution is 6.40. The van der Waals surface area contributed by atoms with E-state index in [0.717, 1.165) is 38.1 Å². The average molecular weight is 883 g/mol. The molecule has 4 aromatic rings. The number of isocyanates is 1. The molecule has 0 saturated carbocycles. The number of hydrogen-bond acceptors (Lipinski definition) is 6. The van der Waals surface area contributed by atoms with Gasteiger partial charge in [-0.05, 0) is 86.6 Å². The number of amides is 2. The molecular weight excluding hydrogens is 844 g/mol. The maximum Gasteiger partial charge on any atom is 0.419 e. The number of nitrogens with one attached hydrogen (secondary N) is 2. The number of urea groups is 1. The molecule has 0 aliphatic carbocycles. The minimum atomic E-state index is -4.46. The van der Waals surface area contributed by atoms with E-state index in [0.29, 0.717) is 47.4 Å². The molecule has 6 rings (SSSR count). The number of anilines is 1. The molecule has 0 radical (unpaired) electrons. The van der Waals surface area contributed by atoms with E-state index >= 15 is 0 Å². The lowest BCUT2D eigenvalue weighted by molar-refractivity contribution is -0.140. The number of piperidine rings is 2. The molecule has 2 aliphatic heterocycles. The summed E-state index contributed by atoms with van der Waals surface area (Å²) in [4.78, 5) is 27.0. The minimum absolute atomic E-state index is 0.0631. The fourth-order valence-corrected chi connectivity index (χ4v) is 5.80. The predicted molar refractivity (Wildman–Crippen MR) is 211 cm³/mol. The van der Waals surface area contributed by atoms with Crippen LogP contribution in [0.2, 0.25) is 10.0 Å². The first kappa shape index (κ1) is 47.2. The summed E-state index contributed by atoms with van der Waals surface area (Å²) >= 11 is 21.0. The van der Waals surface area contributed by atoms with Crippen LogP contribution in [0.3, 0.4) is 0 Å². The van der Waals surface area contributed by atoms with Crippen LogP contribution in [0.1, 0.15) is 36.8 Å². The fraction of sp³-hybridized carbons (Fsp3) is 0.333. The third-order valence-electron chi connectivity index (χ3n) is 8.05. The van der Waals surface area contributed by atoms with Crippen molar-refractivity contribution in [3.8, 4) is 11.5 Å². The highest BCUT2D eigenvalue weighted by Gasteiger charge is 2.36. The van der Waals surface area contributed by atoms with Gasteiger partial charge in [0.15, 0.2) is 0 Å². The van der Waals surface area contributed by atoms with Crippen molar-refractivity contribution in [3.63, 3.8) is 0 Å². The molecule has 4 aromatic carbocycles. The highest BCUT2D eigenvalue weighted by atomic mass is 35.5. The summed E-state index contributed by atoms with van der Waals surface area (Å²) in [5.41, 5.74) is -0.364. The highest BCUT2D eigenvalue weighted by Crippen LogP contribution is 2.38. The number of benzene rings is 4. The number of carbonyl (C=O) groups excluding carboxylic acids is 2. The zero-order valence-electron chi connectivity index (χ0n) is 30.1. The maximum atomic E-state index is 13.1. The van der Waals surface area contributed by atoms with Crippen LogP contribution in [0.15, 0.2) is 102 Å². The van der Waals surface area contributed by atoms with Crippen molar-refractivity contribution in [1.29, 1.82) is 0 Å². The zero-order chi connectivity index (χ0) is 41.8. The van der Waals surface area contributed by atoms with Gasteiger partial charge in [-0.2, -0.15) is 31.3 Å². The van der Waals surface area contributed by atoms with Crippen LogP contribution in [0.25, 0.3) is 0 Å². The molecule has 0 atom stereocenters. The second-order valence-corrected chi connectivity index (χ2v) is 13.8. The standard InChI is InChI=1S/C19H18ClF3N2O2.C12H14F3NO.C7H4ClNO.CH2Cl2/c20-13-4-3-5-14(12-13)24-18(26)25-10-8-15(9-11-25)27-17-7-2-1-6-16(17)19(21,22)23;13-12(14,15)10-3-1-2-4-11(10)17-9-5-7-16-8-6-9;8-6-2-1-3-7(4-6)9-5-10;2-1-3/h1-7,12,15H,8-11H2,(H,24,26);1-4,9,16H,5-8H2;1-4H;1H2. The van der Waals surface area contributed by atoms with Crippen LogP contribution in [0.5, 0.6) is 11.5 Å². The molecule has 18 heteroatoms. The van der Waals surface area contributed by atoms with Crippen LogP contribution in [0.4, 0.5) is 42.5 Å². The molecule has 2 aliphatic rings. The third kappa shape index (κ3) is 17.1. The minimum Gasteiger partial charge on any atom is -0.490 e. The normalized spacial score (nSPS) is 14.5. The molecule has 57 heavy (non-hydrogen) atoms. The molecule has 308 valence electrons. The van der Waals surface area contributed by atoms with Crippen LogP contribution in [-0.4, -0.2) is 60.7 Å². The van der Waals surface area contributed by atoms with Crippen molar-refractivity contribution in [1.82, 2.24) is 10.2 Å². The largest absolute Gasteiger partial charge is 0.490 e. The number of ether oxygens (including phenoxy) is 2. The van der Waals surface area contributed by atoms with Crippen LogP contribution < -0.4 is 20.1 Å². The molecule has 0 aromatic heterocycles. The number of hydrogen-bond donors (Lipinski definition) is 2. The number of nitrogens with zero attached hydrogens (tertiary/aromatic N) is 2. The summed E-state index contributed by atoms with van der Waals surface area (Å²) in [7, 11) is 0. The maximum absolute atomic E-state index is 13.1. The first-order valence-corrected chi connectivity index (χ1v) is 19.1. The quantitative estimate of drug-likeness (QED) is 0.0871. The number of halogens is 10. The lowest BCUT2D eigenvalue weighted by Gasteiger charge is -2.32. The number of aliphatic imine (C=N–C) groups is 1. The lowest BCUT2D eigenvalue weighted by Crippen LogP contribution is -2.43. The first-order chi connectivity index (χ1) is 27.1. The summed E-state index contributed by atoms with van der Waals surface area (Å²) in [5, 5.41) is 7.18. The van der Waals surface area contributed by atoms with Crippen molar-refractivity contribution in [3.05, 3.63) is 118 Å². The van der Waals surface area contributed by atoms with E-state index in [4.69, 9.17) is 55.9 Å². The number of para-hydroxylation sites is 2. The summed E-state index contributed by atoms with van der Waals surface area (Å²) in [6.45, 7) is 2.37. The third-order valence-corrected chi connectivity index (χ3v) is 8.52. The van der Waals surface area contributed by atoms with Gasteiger partial charge in [0, 0.05) is 41.7 Å². The van der Waals surface area contributed by atoms with E-state index < -0.39 is 23.5 Å². The van der Waals surface area contributed by atoms with Gasteiger partial charge in [0.1, 0.15) is 23.7 Å². The van der Waals surface area contributed by atoms with Gasteiger partial charge < -0.3 is 25.0 Å². The molecule has 0 bridgehead atoms. The number of likely N-dealkylation sites (tertiary alicyclic amines) is 1. The Balaban J connectivity index is 0.000000246. The molecule has 2 fully saturated rings. The van der Waals surface area contributed by atoms with Gasteiger partial charge in [-0.1, -0.05) is 59.6 Å². The second-order valence-electron chi connectivity index (χ2n) is 12.1. The summed E-state index contributed by atoms with van der Waals surface area (Å²) in [5.74, 6) is -0.237. The summed E-state index contributed by atoms with van der Waals surface area (Å²) < 4.78 is 88.3. The Kier molecular flexibility index (Phi) is 19.8. The Morgan fingerprint density at radius 2 is 1.21 bits per heavy atom. The van der Waals surface area contributed by atoms with Crippen LogP contribution in [0, 0.1) is 0 Å². The monoisotopic (exact) mass is 880 g/mol. The molecule has 8 nitrogen and oxygen atoms in total. The fourth-order valence-electron chi connectivity index (χ4n) is 5.42. The van der Waals surface area contributed by atoms with E-state index in [1.54, 1.807) is 59.5 Å². The average Bonchev–Trinajstić information content (AvgIpc) is 3.16. The van der Waals surface area contributed by atoms with Crippen LogP contribution in [-0.2, 0) is 17.1 Å². The number of alkyl halides is 8. The van der Waals surface area contributed by atoms with Gasteiger partial charge in [-0.15, -0.1) is 23.2 Å². The number of rotatable bonds is 6. The lowest BCUT2D eigenvalue weighted by atomic mass is 10.1. The smallest absolute Gasteiger partial charge is 0.419 e. The molecule has 0 spiro atoms. The molecule has 0 unspecified atom stereocenters. The van der Waals surface area contributed by atoms with E-state index in [9.17, 15) is 35.9 Å². The van der Waals surface area contributed by atoms with E-state index in [2.05, 4.69) is 15.6 Å². The number of carbonyl (C=O) groups is 1. The van der Waals surface area contributed by atoms with Crippen molar-refractivity contribution >= 4 is 69.9 Å². The van der Waals surface area contributed by atoms with Crippen LogP contribution >= 0.6 is 46.4 Å². The zero-order valence-corrected chi connectivity index (χ0v) is 33.1. The molecule has 2 amide bonds. The van der Waals surface area contributed by atoms with Gasteiger partial charge in [-0.3, -0.25) is 0 Å². The topological polar surface area (TPSA) is 92.3 Å². The van der Waals surface area contributed by atoms with E-state index in [1.807, 2.05) is 0 Å². The Morgan fingerprint density at radius 1 is 0.737 bits per heavy atom. The van der Waals surface area contributed by atoms with Crippen molar-refractivity contribution in [2.75, 3.05) is 36.8 Å². The van der Waals surface area contributed by atoms with Gasteiger partial charge in [0.2, 0.25) is 6.08 Å². The van der Waals surface area contributed by atoms with E-state index in [1.165, 1.54) is 36.4 Å². The Morgan fingerprint density at radius 3 is 1.68 bits per heavy atom. The Labute approximate surface area is 346 Å². The second kappa shape index (κ2) is 23.9. The molecule has 2 N–H and O–H groups in total. The molecule has 2 saturated heterocycles. The molecular formula is C39H38Cl4F6N4O4. The van der Waals surface area contributed by atoms with Gasteiger partial charge >= 0.3 is 18.4 Å². The van der Waals surface area contributed by atoms with Gasteiger partial charge in [0.05, 0.1) is 22.2 Å². The van der Waals surface area contributed by atoms with Gasteiger partial charge in [-0.25, -0.2) is 9.59 Å². The van der Waals surface area contributed by atoms with Gasteiger partial charge in [0.25, 0.3) is 0 Å².